The first-order valence-corrected chi connectivity index (χ1v) is 7.93. The minimum Gasteiger partial charge on any atom is -0.315 e. The number of hydrogen-bond acceptors (Lipinski definition) is 3. The van der Waals surface area contributed by atoms with Crippen LogP contribution in [0.25, 0.3) is 0 Å². The summed E-state index contributed by atoms with van der Waals surface area (Å²) in [4.78, 5) is 5.39. The van der Waals surface area contributed by atoms with Gasteiger partial charge in [0, 0.05) is 25.7 Å². The summed E-state index contributed by atoms with van der Waals surface area (Å²) in [5.41, 5.74) is 0. The van der Waals surface area contributed by atoms with Crippen LogP contribution in [0.15, 0.2) is 0 Å². The van der Waals surface area contributed by atoms with Crippen molar-refractivity contribution in [1.82, 2.24) is 15.1 Å². The Morgan fingerprint density at radius 1 is 1.11 bits per heavy atom. The molecule has 0 amide bonds. The van der Waals surface area contributed by atoms with Gasteiger partial charge < -0.3 is 10.2 Å². The maximum Gasteiger partial charge on any atom is 0.0235 e. The summed E-state index contributed by atoms with van der Waals surface area (Å²) in [6.07, 6.45) is 5.69. The number of nitrogens with one attached hydrogen (secondary N) is 1. The van der Waals surface area contributed by atoms with E-state index in [-0.39, 0.29) is 0 Å². The van der Waals surface area contributed by atoms with Gasteiger partial charge in [-0.25, -0.2) is 0 Å². The largest absolute Gasteiger partial charge is 0.315 e. The first kappa shape index (κ1) is 14.3. The van der Waals surface area contributed by atoms with E-state index in [1.54, 1.807) is 0 Å². The maximum atomic E-state index is 3.55. The minimum atomic E-state index is 0.768. The third-order valence-electron chi connectivity index (χ3n) is 4.31. The van der Waals surface area contributed by atoms with Gasteiger partial charge in [-0.3, -0.25) is 4.90 Å². The molecule has 2 saturated heterocycles. The molecule has 0 spiro atoms. The monoisotopic (exact) mass is 253 g/mol. The molecule has 2 aliphatic rings. The highest BCUT2D eigenvalue weighted by molar-refractivity contribution is 4.84. The normalized spacial score (nSPS) is 27.2. The molecule has 2 aliphatic heterocycles. The van der Waals surface area contributed by atoms with Gasteiger partial charge in [0.05, 0.1) is 0 Å². The highest BCUT2D eigenvalue weighted by atomic mass is 15.3. The summed E-state index contributed by atoms with van der Waals surface area (Å²) < 4.78 is 0. The molecular weight excluding hydrogens is 222 g/mol. The first-order valence-electron chi connectivity index (χ1n) is 7.93. The SMILES string of the molecule is CC(C)CNCCN1CCC(N2CCCCC2)C1. The Labute approximate surface area is 113 Å². The van der Waals surface area contributed by atoms with E-state index in [9.17, 15) is 0 Å². The predicted octanol–water partition coefficient (Wildman–Crippen LogP) is 1.79. The van der Waals surface area contributed by atoms with E-state index >= 15 is 0 Å². The van der Waals surface area contributed by atoms with Gasteiger partial charge in [-0.05, 0) is 51.4 Å². The smallest absolute Gasteiger partial charge is 0.0235 e. The quantitative estimate of drug-likeness (QED) is 0.728. The summed E-state index contributed by atoms with van der Waals surface area (Å²) in [6, 6.07) is 0.857. The van der Waals surface area contributed by atoms with Crippen molar-refractivity contribution < 1.29 is 0 Å². The molecule has 2 fully saturated rings. The van der Waals surface area contributed by atoms with E-state index in [2.05, 4.69) is 29.0 Å². The van der Waals surface area contributed by atoms with E-state index < -0.39 is 0 Å². The number of likely N-dealkylation sites (tertiary alicyclic amines) is 2. The molecule has 0 aromatic rings. The van der Waals surface area contributed by atoms with Gasteiger partial charge in [-0.1, -0.05) is 20.3 Å². The van der Waals surface area contributed by atoms with Crippen molar-refractivity contribution in [3.05, 3.63) is 0 Å². The van der Waals surface area contributed by atoms with Crippen molar-refractivity contribution in [1.29, 1.82) is 0 Å². The average Bonchev–Trinajstić information content (AvgIpc) is 2.84. The molecule has 106 valence electrons. The zero-order chi connectivity index (χ0) is 12.8. The molecule has 1 atom stereocenters. The lowest BCUT2D eigenvalue weighted by Crippen LogP contribution is -2.41. The van der Waals surface area contributed by atoms with Crippen molar-refractivity contribution in [3.8, 4) is 0 Å². The van der Waals surface area contributed by atoms with E-state index in [0.29, 0.717) is 0 Å². The summed E-state index contributed by atoms with van der Waals surface area (Å²) >= 11 is 0. The second kappa shape index (κ2) is 7.46. The fourth-order valence-electron chi connectivity index (χ4n) is 3.22. The van der Waals surface area contributed by atoms with Crippen molar-refractivity contribution in [3.63, 3.8) is 0 Å². The number of nitrogens with zero attached hydrogens (tertiary/aromatic N) is 2. The predicted molar refractivity (Wildman–Crippen MR) is 78.0 cm³/mol. The average molecular weight is 253 g/mol. The third-order valence-corrected chi connectivity index (χ3v) is 4.31. The Hall–Kier alpha value is -0.120. The topological polar surface area (TPSA) is 18.5 Å². The first-order chi connectivity index (χ1) is 8.75. The van der Waals surface area contributed by atoms with Crippen LogP contribution in [0.5, 0.6) is 0 Å². The molecule has 0 aromatic heterocycles. The molecule has 1 unspecified atom stereocenters. The zero-order valence-electron chi connectivity index (χ0n) is 12.3. The lowest BCUT2D eigenvalue weighted by atomic mass is 10.1. The van der Waals surface area contributed by atoms with Crippen molar-refractivity contribution in [2.45, 2.75) is 45.6 Å². The summed E-state index contributed by atoms with van der Waals surface area (Å²) in [5.74, 6) is 0.768. The molecule has 1 N–H and O–H groups in total. The Balaban J connectivity index is 1.59. The fourth-order valence-corrected chi connectivity index (χ4v) is 3.22. The van der Waals surface area contributed by atoms with Gasteiger partial charge in [-0.15, -0.1) is 0 Å². The molecular formula is C15H31N3. The zero-order valence-corrected chi connectivity index (χ0v) is 12.3. The van der Waals surface area contributed by atoms with Crippen LogP contribution >= 0.6 is 0 Å². The number of hydrogen-bond donors (Lipinski definition) is 1. The van der Waals surface area contributed by atoms with Crippen LogP contribution in [0.3, 0.4) is 0 Å². The standard InChI is InChI=1S/C15H31N3/c1-14(2)12-16-7-11-17-10-6-15(13-17)18-8-4-3-5-9-18/h14-16H,3-13H2,1-2H3. The van der Waals surface area contributed by atoms with Crippen LogP contribution in [0.2, 0.25) is 0 Å². The van der Waals surface area contributed by atoms with Gasteiger partial charge in [0.15, 0.2) is 0 Å². The molecule has 0 aromatic carbocycles. The van der Waals surface area contributed by atoms with Crippen molar-refractivity contribution >= 4 is 0 Å². The molecule has 0 bridgehead atoms. The Bertz CT molecular complexity index is 224. The molecule has 3 heteroatoms. The lowest BCUT2D eigenvalue weighted by molar-refractivity contribution is 0.162. The van der Waals surface area contributed by atoms with Crippen molar-refractivity contribution in [2.75, 3.05) is 45.8 Å². The Kier molecular flexibility index (Phi) is 5.93. The third kappa shape index (κ3) is 4.52. The number of piperidine rings is 1. The molecule has 0 radical (unpaired) electrons. The Morgan fingerprint density at radius 2 is 1.89 bits per heavy atom. The van der Waals surface area contributed by atoms with Crippen LogP contribution in [0.1, 0.15) is 39.5 Å². The van der Waals surface area contributed by atoms with E-state index in [4.69, 9.17) is 0 Å². The second-order valence-corrected chi connectivity index (χ2v) is 6.44. The molecule has 3 nitrogen and oxygen atoms in total. The molecule has 2 heterocycles. The van der Waals surface area contributed by atoms with Crippen LogP contribution in [-0.4, -0.2) is 61.7 Å². The fraction of sp³-hybridized carbons (Fsp3) is 1.00. The number of rotatable bonds is 6. The van der Waals surface area contributed by atoms with E-state index in [1.165, 1.54) is 58.4 Å². The van der Waals surface area contributed by atoms with Crippen LogP contribution < -0.4 is 5.32 Å². The molecule has 2 rings (SSSR count). The molecule has 0 aliphatic carbocycles. The van der Waals surface area contributed by atoms with Crippen LogP contribution in [0.4, 0.5) is 0 Å². The lowest BCUT2D eigenvalue weighted by Gasteiger charge is -2.32. The molecule has 18 heavy (non-hydrogen) atoms. The van der Waals surface area contributed by atoms with Gasteiger partial charge in [0.25, 0.3) is 0 Å². The summed E-state index contributed by atoms with van der Waals surface area (Å²) in [6.45, 7) is 13.4. The van der Waals surface area contributed by atoms with Gasteiger partial charge in [0.2, 0.25) is 0 Å². The van der Waals surface area contributed by atoms with Crippen LogP contribution in [-0.2, 0) is 0 Å². The summed E-state index contributed by atoms with van der Waals surface area (Å²) in [5, 5.41) is 3.55. The highest BCUT2D eigenvalue weighted by Gasteiger charge is 2.27. The maximum absolute atomic E-state index is 3.55. The van der Waals surface area contributed by atoms with Gasteiger partial charge in [0.1, 0.15) is 0 Å². The second-order valence-electron chi connectivity index (χ2n) is 6.44. The molecule has 0 saturated carbocycles. The summed E-state index contributed by atoms with van der Waals surface area (Å²) in [7, 11) is 0. The Morgan fingerprint density at radius 3 is 2.61 bits per heavy atom. The van der Waals surface area contributed by atoms with Gasteiger partial charge >= 0.3 is 0 Å². The van der Waals surface area contributed by atoms with Gasteiger partial charge in [-0.2, -0.15) is 0 Å². The van der Waals surface area contributed by atoms with E-state index in [1.807, 2.05) is 0 Å². The highest BCUT2D eigenvalue weighted by Crippen LogP contribution is 2.19. The van der Waals surface area contributed by atoms with E-state index in [0.717, 1.165) is 25.0 Å². The van der Waals surface area contributed by atoms with Crippen molar-refractivity contribution in [2.24, 2.45) is 5.92 Å². The van der Waals surface area contributed by atoms with Crippen LogP contribution in [0, 0.1) is 5.92 Å². The minimum absolute atomic E-state index is 0.768.